The van der Waals surface area contributed by atoms with Crippen molar-refractivity contribution in [3.63, 3.8) is 0 Å². The Bertz CT molecular complexity index is 622. The van der Waals surface area contributed by atoms with Crippen LogP contribution in [0.5, 0.6) is 0 Å². The molecule has 0 saturated heterocycles. The van der Waals surface area contributed by atoms with Crippen molar-refractivity contribution in [2.75, 3.05) is 11.9 Å². The summed E-state index contributed by atoms with van der Waals surface area (Å²) in [6, 6.07) is 15.9. The van der Waals surface area contributed by atoms with E-state index in [0.29, 0.717) is 11.5 Å². The van der Waals surface area contributed by atoms with Gasteiger partial charge < -0.3 is 11.1 Å². The summed E-state index contributed by atoms with van der Waals surface area (Å²) in [4.78, 5) is 11.1. The number of nitrogens with two attached hydrogens (primary N) is 1. The Morgan fingerprint density at radius 3 is 2.84 bits per heavy atom. The molecular weight excluding hydrogens is 236 g/mol. The lowest BCUT2D eigenvalue weighted by Crippen LogP contribution is -2.24. The maximum absolute atomic E-state index is 11.1. The maximum Gasteiger partial charge on any atom is 0.248 e. The minimum atomic E-state index is -0.391. The summed E-state index contributed by atoms with van der Waals surface area (Å²) in [7, 11) is 0. The van der Waals surface area contributed by atoms with Crippen molar-refractivity contribution < 1.29 is 4.79 Å². The largest absolute Gasteiger partial charge is 0.384 e. The monoisotopic (exact) mass is 252 g/mol. The van der Waals surface area contributed by atoms with Crippen LogP contribution in [0, 0.1) is 0 Å². The highest BCUT2D eigenvalue weighted by molar-refractivity contribution is 5.93. The molecule has 3 rings (SSSR count). The number of carbonyl (C=O) groups excluding carboxylic acids is 1. The van der Waals surface area contributed by atoms with Crippen LogP contribution in [-0.2, 0) is 6.42 Å². The zero-order valence-corrected chi connectivity index (χ0v) is 10.6. The van der Waals surface area contributed by atoms with Gasteiger partial charge in [-0.3, -0.25) is 4.79 Å². The zero-order valence-electron chi connectivity index (χ0n) is 10.6. The Kier molecular flexibility index (Phi) is 2.95. The van der Waals surface area contributed by atoms with Gasteiger partial charge in [0, 0.05) is 23.7 Å². The molecule has 0 radical (unpaired) electrons. The van der Waals surface area contributed by atoms with Crippen molar-refractivity contribution in [1.29, 1.82) is 0 Å². The first-order chi connectivity index (χ1) is 9.24. The molecule has 96 valence electrons. The van der Waals surface area contributed by atoms with Crippen molar-refractivity contribution in [1.82, 2.24) is 0 Å². The maximum atomic E-state index is 11.1. The second-order valence-electron chi connectivity index (χ2n) is 4.93. The van der Waals surface area contributed by atoms with Gasteiger partial charge in [-0.25, -0.2) is 0 Å². The lowest BCUT2D eigenvalue weighted by Gasteiger charge is -2.30. The van der Waals surface area contributed by atoms with E-state index in [1.807, 2.05) is 12.1 Å². The van der Waals surface area contributed by atoms with Gasteiger partial charge in [0.05, 0.1) is 0 Å². The minimum Gasteiger partial charge on any atom is -0.384 e. The Balaban J connectivity index is 1.65. The Morgan fingerprint density at radius 2 is 2.05 bits per heavy atom. The topological polar surface area (TPSA) is 55.1 Å². The number of anilines is 1. The summed E-state index contributed by atoms with van der Waals surface area (Å²) in [5.41, 5.74) is 9.63. The van der Waals surface area contributed by atoms with E-state index >= 15 is 0 Å². The van der Waals surface area contributed by atoms with Crippen LogP contribution in [0.2, 0.25) is 0 Å². The number of fused-ring (bicyclic) bond motifs is 1. The molecule has 1 unspecified atom stereocenters. The lowest BCUT2D eigenvalue weighted by molar-refractivity contribution is 0.100. The minimum absolute atomic E-state index is 0.391. The number of benzene rings is 2. The van der Waals surface area contributed by atoms with E-state index < -0.39 is 5.91 Å². The van der Waals surface area contributed by atoms with E-state index in [1.165, 1.54) is 11.1 Å². The highest BCUT2D eigenvalue weighted by Gasteiger charge is 2.24. The molecule has 0 saturated carbocycles. The Hall–Kier alpha value is -2.29. The number of amides is 1. The fourth-order valence-electron chi connectivity index (χ4n) is 2.57. The van der Waals surface area contributed by atoms with Crippen molar-refractivity contribution >= 4 is 11.6 Å². The number of hydrogen-bond acceptors (Lipinski definition) is 2. The number of carbonyl (C=O) groups is 1. The quantitative estimate of drug-likeness (QED) is 0.878. The summed E-state index contributed by atoms with van der Waals surface area (Å²) in [5.74, 6) is 0.172. The molecule has 3 heteroatoms. The molecule has 0 bridgehead atoms. The fraction of sp³-hybridized carbons (Fsp3) is 0.188. The van der Waals surface area contributed by atoms with Crippen LogP contribution < -0.4 is 11.1 Å². The number of primary amides is 1. The summed E-state index contributed by atoms with van der Waals surface area (Å²) < 4.78 is 0. The van der Waals surface area contributed by atoms with Crippen LogP contribution >= 0.6 is 0 Å². The molecule has 1 aliphatic carbocycles. The van der Waals surface area contributed by atoms with Gasteiger partial charge in [-0.15, -0.1) is 0 Å². The first-order valence-corrected chi connectivity index (χ1v) is 6.45. The molecule has 0 spiro atoms. The summed E-state index contributed by atoms with van der Waals surface area (Å²) in [5, 5.41) is 3.37. The Morgan fingerprint density at radius 1 is 1.21 bits per heavy atom. The molecule has 0 heterocycles. The molecule has 3 N–H and O–H groups in total. The molecule has 2 aromatic carbocycles. The summed E-state index contributed by atoms with van der Waals surface area (Å²) in [6.45, 7) is 0.888. The fourth-order valence-corrected chi connectivity index (χ4v) is 2.57. The van der Waals surface area contributed by atoms with Gasteiger partial charge >= 0.3 is 0 Å². The van der Waals surface area contributed by atoms with E-state index in [-0.39, 0.29) is 0 Å². The molecular formula is C16H16N2O. The second-order valence-corrected chi connectivity index (χ2v) is 4.93. The predicted octanol–water partition coefficient (Wildman–Crippen LogP) is 2.54. The first-order valence-electron chi connectivity index (χ1n) is 6.45. The molecule has 1 aliphatic rings. The average molecular weight is 252 g/mol. The van der Waals surface area contributed by atoms with Crippen LogP contribution in [0.25, 0.3) is 0 Å². The zero-order chi connectivity index (χ0) is 13.2. The normalized spacial score (nSPS) is 16.3. The van der Waals surface area contributed by atoms with Gasteiger partial charge in [-0.05, 0) is 35.7 Å². The number of rotatable bonds is 4. The van der Waals surface area contributed by atoms with Crippen LogP contribution in [0.4, 0.5) is 5.69 Å². The van der Waals surface area contributed by atoms with Gasteiger partial charge in [0.25, 0.3) is 0 Å². The van der Waals surface area contributed by atoms with Gasteiger partial charge in [0.2, 0.25) is 5.91 Å². The van der Waals surface area contributed by atoms with Gasteiger partial charge in [0.1, 0.15) is 0 Å². The summed E-state index contributed by atoms with van der Waals surface area (Å²) in [6.07, 6.45) is 1.12. The summed E-state index contributed by atoms with van der Waals surface area (Å²) >= 11 is 0. The average Bonchev–Trinajstić information content (AvgIpc) is 2.40. The Labute approximate surface area is 112 Å². The third-order valence-electron chi connectivity index (χ3n) is 3.66. The molecule has 1 amide bonds. The van der Waals surface area contributed by atoms with E-state index in [4.69, 9.17) is 5.73 Å². The smallest absolute Gasteiger partial charge is 0.248 e. The van der Waals surface area contributed by atoms with Gasteiger partial charge in [0.15, 0.2) is 0 Å². The predicted molar refractivity (Wildman–Crippen MR) is 76.3 cm³/mol. The third-order valence-corrected chi connectivity index (χ3v) is 3.66. The SMILES string of the molecule is NC(=O)c1cccc(NCC2Cc3ccccc32)c1. The van der Waals surface area contributed by atoms with Crippen LogP contribution in [-0.4, -0.2) is 12.5 Å². The van der Waals surface area contributed by atoms with Crippen molar-refractivity contribution in [2.45, 2.75) is 12.3 Å². The molecule has 3 nitrogen and oxygen atoms in total. The highest BCUT2D eigenvalue weighted by atomic mass is 16.1. The van der Waals surface area contributed by atoms with E-state index in [9.17, 15) is 4.79 Å². The molecule has 0 fully saturated rings. The lowest BCUT2D eigenvalue weighted by atomic mass is 9.77. The van der Waals surface area contributed by atoms with Gasteiger partial charge in [-0.2, -0.15) is 0 Å². The number of hydrogen-bond donors (Lipinski definition) is 2. The second kappa shape index (κ2) is 4.76. The standard InChI is InChI=1S/C16H16N2O/c17-16(19)12-5-3-6-14(9-12)18-10-13-8-11-4-1-2-7-15(11)13/h1-7,9,13,18H,8,10H2,(H2,17,19). The first kappa shape index (κ1) is 11.8. The molecule has 0 aromatic heterocycles. The number of nitrogens with one attached hydrogen (secondary N) is 1. The molecule has 1 atom stereocenters. The van der Waals surface area contributed by atoms with Crippen LogP contribution in [0.3, 0.4) is 0 Å². The highest BCUT2D eigenvalue weighted by Crippen LogP contribution is 2.34. The van der Waals surface area contributed by atoms with E-state index in [0.717, 1.165) is 18.7 Å². The van der Waals surface area contributed by atoms with Crippen molar-refractivity contribution in [3.05, 3.63) is 65.2 Å². The van der Waals surface area contributed by atoms with Crippen molar-refractivity contribution in [2.24, 2.45) is 5.73 Å². The third kappa shape index (κ3) is 2.32. The van der Waals surface area contributed by atoms with E-state index in [1.54, 1.807) is 12.1 Å². The van der Waals surface area contributed by atoms with Crippen molar-refractivity contribution in [3.8, 4) is 0 Å². The molecule has 2 aromatic rings. The van der Waals surface area contributed by atoms with E-state index in [2.05, 4.69) is 29.6 Å². The van der Waals surface area contributed by atoms with Gasteiger partial charge in [-0.1, -0.05) is 30.3 Å². The van der Waals surface area contributed by atoms with Crippen LogP contribution in [0.1, 0.15) is 27.4 Å². The molecule has 19 heavy (non-hydrogen) atoms. The van der Waals surface area contributed by atoms with Crippen LogP contribution in [0.15, 0.2) is 48.5 Å². The molecule has 0 aliphatic heterocycles.